The molecule has 1 fully saturated rings. The molecule has 0 spiro atoms. The minimum absolute atomic E-state index is 0.186. The summed E-state index contributed by atoms with van der Waals surface area (Å²) in [6.07, 6.45) is 0. The second kappa shape index (κ2) is 5.68. The van der Waals surface area contributed by atoms with Crippen LogP contribution >= 0.6 is 15.9 Å². The fraction of sp³-hybridized carbons (Fsp3) is 0.643. The van der Waals surface area contributed by atoms with Gasteiger partial charge in [0.1, 0.15) is 4.60 Å². The van der Waals surface area contributed by atoms with E-state index in [2.05, 4.69) is 64.0 Å². The van der Waals surface area contributed by atoms with Crippen LogP contribution in [0.1, 0.15) is 32.5 Å². The van der Waals surface area contributed by atoms with Crippen molar-refractivity contribution in [3.63, 3.8) is 0 Å². The molecule has 100 valence electrons. The number of rotatable bonds is 2. The van der Waals surface area contributed by atoms with E-state index in [-0.39, 0.29) is 5.41 Å². The Morgan fingerprint density at radius 3 is 2.50 bits per heavy atom. The number of hydrogen-bond acceptors (Lipinski definition) is 3. The molecule has 0 unspecified atom stereocenters. The molecule has 1 aliphatic rings. The lowest BCUT2D eigenvalue weighted by atomic mass is 9.83. The lowest BCUT2D eigenvalue weighted by Crippen LogP contribution is -2.48. The van der Waals surface area contributed by atoms with Crippen LogP contribution < -0.4 is 5.32 Å². The Morgan fingerprint density at radius 1 is 1.28 bits per heavy atom. The Labute approximate surface area is 118 Å². The van der Waals surface area contributed by atoms with Crippen LogP contribution in [0.3, 0.4) is 0 Å². The molecule has 18 heavy (non-hydrogen) atoms. The third-order valence-electron chi connectivity index (χ3n) is 3.35. The SMILES string of the molecule is CC(C)(C)[C@@H](c1cccc(Br)n1)N1CCNCC1. The van der Waals surface area contributed by atoms with Gasteiger partial charge in [0.2, 0.25) is 0 Å². The van der Waals surface area contributed by atoms with Gasteiger partial charge in [-0.3, -0.25) is 4.90 Å². The lowest BCUT2D eigenvalue weighted by Gasteiger charge is -2.42. The summed E-state index contributed by atoms with van der Waals surface area (Å²) in [7, 11) is 0. The van der Waals surface area contributed by atoms with Gasteiger partial charge in [-0.05, 0) is 33.5 Å². The maximum absolute atomic E-state index is 4.67. The molecule has 4 heteroatoms. The zero-order valence-corrected chi connectivity index (χ0v) is 13.0. The molecule has 1 atom stereocenters. The molecule has 0 amide bonds. The molecule has 2 heterocycles. The van der Waals surface area contributed by atoms with Gasteiger partial charge in [0, 0.05) is 26.2 Å². The Kier molecular flexibility index (Phi) is 4.41. The van der Waals surface area contributed by atoms with Gasteiger partial charge in [0.25, 0.3) is 0 Å². The zero-order valence-electron chi connectivity index (χ0n) is 11.4. The summed E-state index contributed by atoms with van der Waals surface area (Å²) in [6.45, 7) is 11.2. The molecule has 1 aliphatic heterocycles. The van der Waals surface area contributed by atoms with Crippen LogP contribution in [0.4, 0.5) is 0 Å². The monoisotopic (exact) mass is 311 g/mol. The zero-order chi connectivity index (χ0) is 13.2. The van der Waals surface area contributed by atoms with Crippen molar-refractivity contribution in [2.24, 2.45) is 5.41 Å². The third-order valence-corrected chi connectivity index (χ3v) is 3.80. The summed E-state index contributed by atoms with van der Waals surface area (Å²) in [5.41, 5.74) is 1.35. The maximum atomic E-state index is 4.67. The predicted molar refractivity (Wildman–Crippen MR) is 78.6 cm³/mol. The summed E-state index contributed by atoms with van der Waals surface area (Å²) in [5.74, 6) is 0. The molecule has 1 saturated heterocycles. The van der Waals surface area contributed by atoms with E-state index in [0.717, 1.165) is 30.8 Å². The van der Waals surface area contributed by atoms with E-state index in [1.54, 1.807) is 0 Å². The highest BCUT2D eigenvalue weighted by atomic mass is 79.9. The van der Waals surface area contributed by atoms with Crippen molar-refractivity contribution < 1.29 is 0 Å². The van der Waals surface area contributed by atoms with E-state index in [0.29, 0.717) is 6.04 Å². The lowest BCUT2D eigenvalue weighted by molar-refractivity contribution is 0.0830. The summed E-state index contributed by atoms with van der Waals surface area (Å²) >= 11 is 3.48. The Balaban J connectivity index is 2.30. The predicted octanol–water partition coefficient (Wildman–Crippen LogP) is 2.84. The van der Waals surface area contributed by atoms with Crippen molar-refractivity contribution in [2.45, 2.75) is 26.8 Å². The Hall–Kier alpha value is -0.450. The number of hydrogen-bond donors (Lipinski definition) is 1. The summed E-state index contributed by atoms with van der Waals surface area (Å²) in [6, 6.07) is 6.58. The molecule has 0 saturated carbocycles. The van der Waals surface area contributed by atoms with Crippen molar-refractivity contribution in [3.05, 3.63) is 28.5 Å². The van der Waals surface area contributed by atoms with E-state index >= 15 is 0 Å². The maximum Gasteiger partial charge on any atom is 0.106 e. The molecule has 0 aromatic carbocycles. The number of aromatic nitrogens is 1. The summed E-state index contributed by atoms with van der Waals surface area (Å²) in [5, 5.41) is 3.41. The quantitative estimate of drug-likeness (QED) is 0.851. The van der Waals surface area contributed by atoms with Crippen molar-refractivity contribution in [2.75, 3.05) is 26.2 Å². The summed E-state index contributed by atoms with van der Waals surface area (Å²) in [4.78, 5) is 7.22. The van der Waals surface area contributed by atoms with Crippen molar-refractivity contribution in [3.8, 4) is 0 Å². The number of piperazine rings is 1. The first-order valence-corrected chi connectivity index (χ1v) is 7.35. The smallest absolute Gasteiger partial charge is 0.106 e. The van der Waals surface area contributed by atoms with Gasteiger partial charge < -0.3 is 5.32 Å². The topological polar surface area (TPSA) is 28.2 Å². The first-order chi connectivity index (χ1) is 8.48. The molecule has 2 rings (SSSR count). The Bertz CT molecular complexity index is 394. The molecule has 1 aromatic heterocycles. The van der Waals surface area contributed by atoms with E-state index in [9.17, 15) is 0 Å². The standard InChI is InChI=1S/C14H22BrN3/c1-14(2,3)13(18-9-7-16-8-10-18)11-5-4-6-12(15)17-11/h4-6,13,16H,7-10H2,1-3H3/t13-/m1/s1. The number of pyridine rings is 1. The van der Waals surface area contributed by atoms with Crippen LogP contribution in [0.5, 0.6) is 0 Å². The first kappa shape index (κ1) is 14.0. The minimum Gasteiger partial charge on any atom is -0.314 e. The molecular weight excluding hydrogens is 290 g/mol. The number of nitrogens with zero attached hydrogens (tertiary/aromatic N) is 2. The van der Waals surface area contributed by atoms with Crippen molar-refractivity contribution in [1.82, 2.24) is 15.2 Å². The highest BCUT2D eigenvalue weighted by Gasteiger charge is 2.33. The normalized spacial score (nSPS) is 19.8. The number of halogens is 1. The average molecular weight is 312 g/mol. The van der Waals surface area contributed by atoms with Gasteiger partial charge in [-0.1, -0.05) is 26.8 Å². The van der Waals surface area contributed by atoms with Crippen LogP contribution in [-0.4, -0.2) is 36.1 Å². The molecule has 0 bridgehead atoms. The van der Waals surface area contributed by atoms with Gasteiger partial charge >= 0.3 is 0 Å². The minimum atomic E-state index is 0.186. The molecular formula is C14H22BrN3. The van der Waals surface area contributed by atoms with Crippen molar-refractivity contribution >= 4 is 15.9 Å². The van der Waals surface area contributed by atoms with Crippen LogP contribution in [0.25, 0.3) is 0 Å². The average Bonchev–Trinajstić information content (AvgIpc) is 2.28. The second-order valence-electron chi connectivity index (χ2n) is 5.94. The Morgan fingerprint density at radius 2 is 1.94 bits per heavy atom. The van der Waals surface area contributed by atoms with Gasteiger partial charge in [-0.15, -0.1) is 0 Å². The van der Waals surface area contributed by atoms with Gasteiger partial charge in [0.15, 0.2) is 0 Å². The highest BCUT2D eigenvalue weighted by molar-refractivity contribution is 9.10. The van der Waals surface area contributed by atoms with E-state index in [1.165, 1.54) is 5.69 Å². The van der Waals surface area contributed by atoms with Gasteiger partial charge in [0.05, 0.1) is 11.7 Å². The largest absolute Gasteiger partial charge is 0.314 e. The van der Waals surface area contributed by atoms with E-state index in [4.69, 9.17) is 0 Å². The third kappa shape index (κ3) is 3.31. The molecule has 3 nitrogen and oxygen atoms in total. The molecule has 1 N–H and O–H groups in total. The number of nitrogens with one attached hydrogen (secondary N) is 1. The molecule has 0 radical (unpaired) electrons. The second-order valence-corrected chi connectivity index (χ2v) is 6.75. The fourth-order valence-electron chi connectivity index (χ4n) is 2.70. The van der Waals surface area contributed by atoms with Gasteiger partial charge in [-0.25, -0.2) is 4.98 Å². The van der Waals surface area contributed by atoms with Crippen LogP contribution in [0, 0.1) is 5.41 Å². The van der Waals surface area contributed by atoms with E-state index < -0.39 is 0 Å². The van der Waals surface area contributed by atoms with Crippen LogP contribution in [0.2, 0.25) is 0 Å². The van der Waals surface area contributed by atoms with Gasteiger partial charge in [-0.2, -0.15) is 0 Å². The van der Waals surface area contributed by atoms with Crippen LogP contribution in [0.15, 0.2) is 22.8 Å². The molecule has 1 aromatic rings. The highest BCUT2D eigenvalue weighted by Crippen LogP contribution is 2.37. The summed E-state index contributed by atoms with van der Waals surface area (Å²) < 4.78 is 0.921. The fourth-order valence-corrected chi connectivity index (χ4v) is 3.05. The van der Waals surface area contributed by atoms with Crippen molar-refractivity contribution in [1.29, 1.82) is 0 Å². The van der Waals surface area contributed by atoms with E-state index in [1.807, 2.05) is 6.07 Å². The van der Waals surface area contributed by atoms with Crippen LogP contribution in [-0.2, 0) is 0 Å². The first-order valence-electron chi connectivity index (χ1n) is 6.56. The molecule has 0 aliphatic carbocycles.